The van der Waals surface area contributed by atoms with E-state index in [1.54, 1.807) is 48.5 Å². The van der Waals surface area contributed by atoms with Crippen molar-refractivity contribution in [3.05, 3.63) is 90.0 Å². The van der Waals surface area contributed by atoms with Gasteiger partial charge in [0.25, 0.3) is 5.78 Å². The summed E-state index contributed by atoms with van der Waals surface area (Å²) in [6, 6.07) is 16.5. The van der Waals surface area contributed by atoms with E-state index in [-0.39, 0.29) is 17.9 Å². The fourth-order valence-corrected chi connectivity index (χ4v) is 5.89. The summed E-state index contributed by atoms with van der Waals surface area (Å²) in [5.41, 5.74) is 1.48. The Kier molecular flexibility index (Phi) is 7.07. The van der Waals surface area contributed by atoms with Crippen LogP contribution in [0.25, 0.3) is 16.0 Å². The van der Waals surface area contributed by atoms with E-state index in [0.29, 0.717) is 64.6 Å². The van der Waals surface area contributed by atoms with Crippen molar-refractivity contribution in [2.45, 2.75) is 13.0 Å². The zero-order valence-corrected chi connectivity index (χ0v) is 23.0. The van der Waals surface area contributed by atoms with Crippen LogP contribution in [-0.4, -0.2) is 48.2 Å². The number of hydrogen-bond acceptors (Lipinski definition) is 9. The van der Waals surface area contributed by atoms with Crippen LogP contribution in [-0.2, 0) is 9.59 Å². The lowest BCUT2D eigenvalue weighted by atomic mass is 9.95. The highest BCUT2D eigenvalue weighted by Gasteiger charge is 2.48. The minimum absolute atomic E-state index is 0.0678. The Bertz CT molecular complexity index is 1710. The fraction of sp³-hybridized carbons (Fsp3) is 0.194. The smallest absolute Gasteiger partial charge is 0.301 e. The molecule has 6 rings (SSSR count). The number of aromatic nitrogens is 1. The second-order valence-electron chi connectivity index (χ2n) is 9.26. The van der Waals surface area contributed by atoms with Crippen molar-refractivity contribution in [1.29, 1.82) is 0 Å². The zero-order chi connectivity index (χ0) is 28.5. The lowest BCUT2D eigenvalue weighted by molar-refractivity contribution is -0.132. The first kappa shape index (κ1) is 26.4. The molecule has 0 saturated carbocycles. The highest BCUT2D eigenvalue weighted by atomic mass is 32.1. The van der Waals surface area contributed by atoms with Crippen LogP contribution >= 0.6 is 11.3 Å². The van der Waals surface area contributed by atoms with Crippen LogP contribution in [0.15, 0.2) is 78.9 Å². The molecule has 2 aliphatic heterocycles. The molecule has 0 aliphatic carbocycles. The molecule has 1 fully saturated rings. The number of rotatable bonds is 8. The van der Waals surface area contributed by atoms with Gasteiger partial charge in [-0.1, -0.05) is 36.1 Å². The summed E-state index contributed by atoms with van der Waals surface area (Å²) < 4.78 is 23.4. The summed E-state index contributed by atoms with van der Waals surface area (Å²) in [5.74, 6) is 0.243. The predicted molar refractivity (Wildman–Crippen MR) is 155 cm³/mol. The van der Waals surface area contributed by atoms with Gasteiger partial charge in [-0.25, -0.2) is 4.98 Å². The third-order valence-corrected chi connectivity index (χ3v) is 7.68. The first-order valence-electron chi connectivity index (χ1n) is 13.1. The maximum atomic E-state index is 13.7. The van der Waals surface area contributed by atoms with Crippen LogP contribution < -0.4 is 23.8 Å². The van der Waals surface area contributed by atoms with Gasteiger partial charge in [-0.3, -0.25) is 14.5 Å². The number of fused-ring (bicyclic) bond motifs is 2. The molecule has 0 bridgehead atoms. The number of aliphatic hydroxyl groups excluding tert-OH is 1. The van der Waals surface area contributed by atoms with Crippen molar-refractivity contribution in [1.82, 2.24) is 4.98 Å². The fourth-order valence-electron chi connectivity index (χ4n) is 4.87. The molecule has 10 heteroatoms. The summed E-state index contributed by atoms with van der Waals surface area (Å²) in [6.07, 6.45) is 1.62. The van der Waals surface area contributed by atoms with E-state index >= 15 is 0 Å². The third kappa shape index (κ3) is 4.87. The van der Waals surface area contributed by atoms with Gasteiger partial charge in [0.2, 0.25) is 0 Å². The number of anilines is 1. The first-order valence-corrected chi connectivity index (χ1v) is 13.9. The van der Waals surface area contributed by atoms with Crippen molar-refractivity contribution in [2.75, 3.05) is 31.3 Å². The summed E-state index contributed by atoms with van der Waals surface area (Å²) in [6.45, 7) is 7.16. The molecule has 0 spiro atoms. The van der Waals surface area contributed by atoms with Crippen LogP contribution in [0, 0.1) is 0 Å². The van der Waals surface area contributed by atoms with Crippen LogP contribution in [0.4, 0.5) is 5.13 Å². The summed E-state index contributed by atoms with van der Waals surface area (Å²) >= 11 is 1.26. The van der Waals surface area contributed by atoms with Gasteiger partial charge < -0.3 is 24.1 Å². The lowest BCUT2D eigenvalue weighted by Gasteiger charge is -2.23. The molecule has 41 heavy (non-hydrogen) atoms. The second-order valence-corrected chi connectivity index (χ2v) is 10.3. The van der Waals surface area contributed by atoms with E-state index in [4.69, 9.17) is 18.9 Å². The molecule has 208 valence electrons. The van der Waals surface area contributed by atoms with Gasteiger partial charge in [0, 0.05) is 5.56 Å². The molecule has 1 atom stereocenters. The predicted octanol–water partition coefficient (Wildman–Crippen LogP) is 5.66. The molecule has 0 unspecified atom stereocenters. The Morgan fingerprint density at radius 2 is 1.88 bits per heavy atom. The molecule has 1 saturated heterocycles. The van der Waals surface area contributed by atoms with Crippen molar-refractivity contribution >= 4 is 44.1 Å². The number of benzene rings is 3. The first-order chi connectivity index (χ1) is 20.0. The maximum Gasteiger partial charge on any atom is 0.301 e. The maximum absolute atomic E-state index is 13.7. The van der Waals surface area contributed by atoms with E-state index in [9.17, 15) is 14.7 Å². The van der Waals surface area contributed by atoms with Gasteiger partial charge in [0.1, 0.15) is 37.1 Å². The summed E-state index contributed by atoms with van der Waals surface area (Å²) in [4.78, 5) is 33.3. The Labute approximate surface area is 239 Å². The quantitative estimate of drug-likeness (QED) is 0.125. The minimum atomic E-state index is -0.970. The van der Waals surface area contributed by atoms with Crippen LogP contribution in [0.3, 0.4) is 0 Å². The second kappa shape index (κ2) is 11.0. The zero-order valence-electron chi connectivity index (χ0n) is 22.2. The molecule has 1 N–H and O–H groups in total. The Hall–Kier alpha value is -4.83. The van der Waals surface area contributed by atoms with Gasteiger partial charge in [0.15, 0.2) is 16.6 Å². The molecule has 4 aromatic rings. The van der Waals surface area contributed by atoms with Crippen LogP contribution in [0.2, 0.25) is 0 Å². The Balaban J connectivity index is 1.51. The largest absolute Gasteiger partial charge is 0.507 e. The number of hydrogen-bond donors (Lipinski definition) is 1. The van der Waals surface area contributed by atoms with Crippen LogP contribution in [0.1, 0.15) is 24.1 Å². The van der Waals surface area contributed by atoms with Gasteiger partial charge >= 0.3 is 5.91 Å². The molecule has 3 heterocycles. The lowest BCUT2D eigenvalue weighted by Crippen LogP contribution is -2.29. The van der Waals surface area contributed by atoms with E-state index in [1.807, 2.05) is 25.1 Å². The standard InChI is InChI=1S/C31H26N2O7S/c1-3-12-38-20-7-5-6-18(15-20)27-26(28(34)19-8-11-23-24(16-19)40-14-13-39-23)29(35)30(36)33(27)31-32-22-10-9-21(37-4-2)17-25(22)41-31/h3,5-11,15-17,27,34H,1,4,12-14H2,2H3/t27-/m1/s1. The van der Waals surface area contributed by atoms with E-state index in [0.717, 1.165) is 4.70 Å². The topological polar surface area (TPSA) is 107 Å². The number of nitrogens with zero attached hydrogens (tertiary/aromatic N) is 2. The molecule has 1 aromatic heterocycles. The number of Topliss-reactive ketones (excluding diaryl/α,β-unsaturated/α-hetero) is 1. The van der Waals surface area contributed by atoms with Gasteiger partial charge in [-0.2, -0.15) is 0 Å². The average molecular weight is 571 g/mol. The van der Waals surface area contributed by atoms with Crippen molar-refractivity contribution in [2.24, 2.45) is 0 Å². The number of ether oxygens (including phenoxy) is 4. The van der Waals surface area contributed by atoms with Crippen LogP contribution in [0.5, 0.6) is 23.0 Å². The normalized spacial score (nSPS) is 17.6. The van der Waals surface area contributed by atoms with Crippen molar-refractivity contribution in [3.8, 4) is 23.0 Å². The molecule has 3 aromatic carbocycles. The van der Waals surface area contributed by atoms with E-state index in [2.05, 4.69) is 11.6 Å². The molecule has 1 amide bonds. The number of carbonyl (C=O) groups is 2. The number of ketones is 1. The molecule has 9 nitrogen and oxygen atoms in total. The van der Waals surface area contributed by atoms with Gasteiger partial charge in [-0.05, 0) is 61.0 Å². The van der Waals surface area contributed by atoms with E-state index < -0.39 is 17.7 Å². The van der Waals surface area contributed by atoms with Gasteiger partial charge in [-0.15, -0.1) is 0 Å². The summed E-state index contributed by atoms with van der Waals surface area (Å²) in [7, 11) is 0. The molecule has 0 radical (unpaired) electrons. The number of thiazole rings is 1. The highest BCUT2D eigenvalue weighted by Crippen LogP contribution is 2.46. The number of amides is 1. The third-order valence-electron chi connectivity index (χ3n) is 6.67. The van der Waals surface area contributed by atoms with E-state index in [1.165, 1.54) is 16.2 Å². The highest BCUT2D eigenvalue weighted by molar-refractivity contribution is 7.22. The van der Waals surface area contributed by atoms with Crippen molar-refractivity contribution < 1.29 is 33.6 Å². The Morgan fingerprint density at radius 1 is 1.07 bits per heavy atom. The number of carbonyl (C=O) groups excluding carboxylic acids is 2. The Morgan fingerprint density at radius 3 is 2.68 bits per heavy atom. The van der Waals surface area contributed by atoms with Crippen molar-refractivity contribution in [3.63, 3.8) is 0 Å². The minimum Gasteiger partial charge on any atom is -0.507 e. The van der Waals surface area contributed by atoms with Gasteiger partial charge in [0.05, 0.1) is 28.4 Å². The molecular formula is C31H26N2O7S. The molecular weight excluding hydrogens is 544 g/mol. The number of aliphatic hydroxyl groups is 1. The summed E-state index contributed by atoms with van der Waals surface area (Å²) in [5, 5.41) is 11.9. The monoisotopic (exact) mass is 570 g/mol. The average Bonchev–Trinajstić information content (AvgIpc) is 3.53. The SMILES string of the molecule is C=CCOc1cccc([C@@H]2C(=C(O)c3ccc4c(c3)OCCO4)C(=O)C(=O)N2c2nc3ccc(OCC)cc3s2)c1. The molecule has 2 aliphatic rings.